The quantitative estimate of drug-likeness (QED) is 0.740. The number of aromatic nitrogens is 2. The summed E-state index contributed by atoms with van der Waals surface area (Å²) in [6.45, 7) is 7.58. The van der Waals surface area contributed by atoms with E-state index in [2.05, 4.69) is 11.3 Å². The Morgan fingerprint density at radius 2 is 2.00 bits per heavy atom. The van der Waals surface area contributed by atoms with E-state index in [0.717, 1.165) is 4.57 Å². The molecule has 0 amide bonds. The highest BCUT2D eigenvalue weighted by Gasteiger charge is 2.55. The normalized spacial score (nSPS) is 21.7. The van der Waals surface area contributed by atoms with E-state index in [1.165, 1.54) is 22.8 Å². The summed E-state index contributed by atoms with van der Waals surface area (Å²) in [5, 5.41) is 9.48. The van der Waals surface area contributed by atoms with Crippen molar-refractivity contribution in [3.05, 3.63) is 51.7 Å². The summed E-state index contributed by atoms with van der Waals surface area (Å²) in [5.74, 6) is -0.250. The Morgan fingerprint density at radius 1 is 1.33 bits per heavy atom. The molecule has 0 radical (unpaired) electrons. The predicted octanol–water partition coefficient (Wildman–Crippen LogP) is 0.950. The van der Waals surface area contributed by atoms with Gasteiger partial charge >= 0.3 is 5.69 Å². The van der Waals surface area contributed by atoms with Crippen molar-refractivity contribution in [2.24, 2.45) is 5.92 Å². The Balaban J connectivity index is 2.17. The minimum absolute atomic E-state index is 0.125. The van der Waals surface area contributed by atoms with Gasteiger partial charge in [0.1, 0.15) is 5.54 Å². The van der Waals surface area contributed by atoms with Crippen LogP contribution in [0, 0.1) is 17.2 Å². The van der Waals surface area contributed by atoms with Crippen molar-refractivity contribution in [3.8, 4) is 6.07 Å². The summed E-state index contributed by atoms with van der Waals surface area (Å²) in [6, 6.07) is 6.04. The molecule has 1 fully saturated rings. The molecule has 0 aliphatic heterocycles. The molecule has 142 valence electrons. The van der Waals surface area contributed by atoms with Crippen LogP contribution in [0.2, 0.25) is 0 Å². The molecule has 9 heteroatoms. The van der Waals surface area contributed by atoms with Crippen molar-refractivity contribution in [2.75, 3.05) is 0 Å². The van der Waals surface area contributed by atoms with Crippen molar-refractivity contribution in [1.29, 1.82) is 5.26 Å². The van der Waals surface area contributed by atoms with Gasteiger partial charge in [0.15, 0.2) is 0 Å². The number of aryl methyl sites for hydroxylation is 1. The minimum atomic E-state index is -4.02. The van der Waals surface area contributed by atoms with Gasteiger partial charge in [-0.1, -0.05) is 6.08 Å². The smallest absolute Gasteiger partial charge is 0.293 e. The van der Waals surface area contributed by atoms with Gasteiger partial charge < -0.3 is 0 Å². The molecule has 1 N–H and O–H groups in total. The van der Waals surface area contributed by atoms with Crippen LogP contribution in [0.4, 0.5) is 0 Å². The Kier molecular flexibility index (Phi) is 4.57. The van der Waals surface area contributed by atoms with Gasteiger partial charge in [-0.05, 0) is 38.5 Å². The second-order valence-electron chi connectivity index (χ2n) is 6.49. The molecule has 1 saturated carbocycles. The third-order valence-corrected chi connectivity index (χ3v) is 6.46. The van der Waals surface area contributed by atoms with Gasteiger partial charge in [0.2, 0.25) is 10.0 Å². The summed E-state index contributed by atoms with van der Waals surface area (Å²) in [4.78, 5) is 24.9. The molecule has 1 aliphatic rings. The maximum absolute atomic E-state index is 12.8. The van der Waals surface area contributed by atoms with Crippen LogP contribution in [-0.4, -0.2) is 23.1 Å². The van der Waals surface area contributed by atoms with E-state index in [1.807, 2.05) is 6.07 Å². The number of hydrogen-bond donors (Lipinski definition) is 1. The number of sulfonamides is 1. The van der Waals surface area contributed by atoms with Gasteiger partial charge in [0, 0.05) is 19.0 Å². The first-order valence-electron chi connectivity index (χ1n) is 8.59. The van der Waals surface area contributed by atoms with Crippen molar-refractivity contribution in [2.45, 2.75) is 43.8 Å². The highest BCUT2D eigenvalue weighted by Crippen LogP contribution is 2.44. The molecule has 2 aromatic rings. The van der Waals surface area contributed by atoms with Crippen LogP contribution in [0.3, 0.4) is 0 Å². The fourth-order valence-corrected chi connectivity index (χ4v) is 4.69. The molecule has 2 atom stereocenters. The topological polar surface area (TPSA) is 114 Å². The zero-order valence-corrected chi connectivity index (χ0v) is 15.9. The average molecular weight is 388 g/mol. The summed E-state index contributed by atoms with van der Waals surface area (Å²) in [5.41, 5.74) is -1.78. The largest absolute Gasteiger partial charge is 0.331 e. The minimum Gasteiger partial charge on any atom is -0.293 e. The van der Waals surface area contributed by atoms with E-state index in [-0.39, 0.29) is 22.7 Å². The second kappa shape index (κ2) is 6.48. The molecule has 1 aliphatic carbocycles. The van der Waals surface area contributed by atoms with E-state index < -0.39 is 26.8 Å². The highest BCUT2D eigenvalue weighted by molar-refractivity contribution is 7.89. The van der Waals surface area contributed by atoms with Crippen LogP contribution in [-0.2, 0) is 23.1 Å². The van der Waals surface area contributed by atoms with Gasteiger partial charge in [-0.15, -0.1) is 6.58 Å². The van der Waals surface area contributed by atoms with Gasteiger partial charge in [-0.25, -0.2) is 13.2 Å². The number of nitriles is 1. The molecule has 0 saturated heterocycles. The molecule has 27 heavy (non-hydrogen) atoms. The van der Waals surface area contributed by atoms with Crippen LogP contribution in [0.15, 0.2) is 45.3 Å². The molecule has 1 aromatic heterocycles. The summed E-state index contributed by atoms with van der Waals surface area (Å²) in [6.07, 6.45) is 1.91. The van der Waals surface area contributed by atoms with Crippen LogP contribution in [0.25, 0.3) is 10.9 Å². The standard InChI is InChI=1S/C18H20N4O4S/c1-4-12-10-18(12,11-19)20-27(25,26)13-7-8-15-14(9-13)16(23)22(6-3)17(24)21(15)5-2/h4,7-9,12,20H,1,5-6,10H2,2-3H3/t12-,18+/m1/s1. The Morgan fingerprint density at radius 3 is 2.52 bits per heavy atom. The third-order valence-electron chi connectivity index (χ3n) is 4.95. The number of benzene rings is 1. The fourth-order valence-electron chi connectivity index (χ4n) is 3.29. The Hall–Kier alpha value is -2.70. The molecular formula is C18H20N4O4S. The van der Waals surface area contributed by atoms with Crippen LogP contribution in [0.1, 0.15) is 20.3 Å². The molecule has 3 rings (SSSR count). The van der Waals surface area contributed by atoms with E-state index in [1.54, 1.807) is 19.9 Å². The molecule has 1 heterocycles. The monoisotopic (exact) mass is 388 g/mol. The van der Waals surface area contributed by atoms with E-state index in [0.29, 0.717) is 18.5 Å². The van der Waals surface area contributed by atoms with Gasteiger partial charge in [0.25, 0.3) is 5.56 Å². The van der Waals surface area contributed by atoms with E-state index in [9.17, 15) is 23.3 Å². The lowest BCUT2D eigenvalue weighted by Crippen LogP contribution is -2.40. The van der Waals surface area contributed by atoms with Crippen molar-refractivity contribution >= 4 is 20.9 Å². The SMILES string of the molecule is C=C[C@@H]1C[C@@]1(C#N)NS(=O)(=O)c1ccc2c(c1)c(=O)n(CC)c(=O)n2CC. The summed E-state index contributed by atoms with van der Waals surface area (Å²) < 4.78 is 30.5. The average Bonchev–Trinajstić information content (AvgIpc) is 3.35. The molecule has 0 bridgehead atoms. The zero-order valence-electron chi connectivity index (χ0n) is 15.1. The van der Waals surface area contributed by atoms with E-state index >= 15 is 0 Å². The highest BCUT2D eigenvalue weighted by atomic mass is 32.2. The van der Waals surface area contributed by atoms with Crippen molar-refractivity contribution in [3.63, 3.8) is 0 Å². The number of nitrogens with one attached hydrogen (secondary N) is 1. The number of rotatable bonds is 6. The van der Waals surface area contributed by atoms with Gasteiger partial charge in [-0.2, -0.15) is 9.98 Å². The summed E-state index contributed by atoms with van der Waals surface area (Å²) in [7, 11) is -4.02. The lowest BCUT2D eigenvalue weighted by Gasteiger charge is -2.14. The lowest BCUT2D eigenvalue weighted by atomic mass is 10.2. The van der Waals surface area contributed by atoms with E-state index in [4.69, 9.17) is 0 Å². The van der Waals surface area contributed by atoms with Gasteiger partial charge in [0.05, 0.1) is 21.9 Å². The zero-order chi connectivity index (χ0) is 20.0. The van der Waals surface area contributed by atoms with Crippen LogP contribution in [0.5, 0.6) is 0 Å². The number of fused-ring (bicyclic) bond motifs is 1. The molecule has 8 nitrogen and oxygen atoms in total. The lowest BCUT2D eigenvalue weighted by molar-refractivity contribution is 0.567. The molecule has 0 spiro atoms. The first-order chi connectivity index (χ1) is 12.7. The first-order valence-corrected chi connectivity index (χ1v) is 10.1. The third kappa shape index (κ3) is 2.91. The number of hydrogen-bond acceptors (Lipinski definition) is 5. The van der Waals surface area contributed by atoms with Crippen molar-refractivity contribution < 1.29 is 8.42 Å². The predicted molar refractivity (Wildman–Crippen MR) is 101 cm³/mol. The van der Waals surface area contributed by atoms with Gasteiger partial charge in [-0.3, -0.25) is 13.9 Å². The molecular weight excluding hydrogens is 368 g/mol. The second-order valence-corrected chi connectivity index (χ2v) is 8.17. The fraction of sp³-hybridized carbons (Fsp3) is 0.389. The maximum atomic E-state index is 12.8. The Labute approximate surface area is 156 Å². The Bertz CT molecular complexity index is 1200. The number of nitrogens with zero attached hydrogens (tertiary/aromatic N) is 3. The molecule has 0 unspecified atom stereocenters. The summed E-state index contributed by atoms with van der Waals surface area (Å²) >= 11 is 0. The first kappa shape index (κ1) is 19.1. The van der Waals surface area contributed by atoms with Crippen LogP contribution >= 0.6 is 0 Å². The molecule has 1 aromatic carbocycles. The maximum Gasteiger partial charge on any atom is 0.331 e. The van der Waals surface area contributed by atoms with Crippen molar-refractivity contribution in [1.82, 2.24) is 13.9 Å². The van der Waals surface area contributed by atoms with Crippen LogP contribution < -0.4 is 16.0 Å².